The largest absolute Gasteiger partial charge is 0.544 e. The third-order valence-electron chi connectivity index (χ3n) is 4.02. The number of benzene rings is 1. The van der Waals surface area contributed by atoms with Crippen molar-refractivity contribution >= 4 is 17.6 Å². The SMILES string of the molecule is COc1cccc(NC(=O)C[C@H](C(=O)[O-])[NH+]2CCCCC2)c1. The fourth-order valence-electron chi connectivity index (χ4n) is 2.85. The summed E-state index contributed by atoms with van der Waals surface area (Å²) < 4.78 is 5.09. The first-order valence-electron chi connectivity index (χ1n) is 7.59. The van der Waals surface area contributed by atoms with Crippen LogP contribution in [-0.4, -0.2) is 38.1 Å². The van der Waals surface area contributed by atoms with Crippen molar-refractivity contribution in [1.29, 1.82) is 0 Å². The van der Waals surface area contributed by atoms with Crippen LogP contribution < -0.4 is 20.1 Å². The van der Waals surface area contributed by atoms with Crippen LogP contribution in [0.2, 0.25) is 0 Å². The van der Waals surface area contributed by atoms with Crippen molar-refractivity contribution < 1.29 is 24.3 Å². The first kappa shape index (κ1) is 16.3. The fraction of sp³-hybridized carbons (Fsp3) is 0.500. The van der Waals surface area contributed by atoms with Crippen LogP contribution in [0.5, 0.6) is 5.75 Å². The second-order valence-electron chi connectivity index (χ2n) is 5.57. The van der Waals surface area contributed by atoms with Gasteiger partial charge >= 0.3 is 0 Å². The maximum Gasteiger partial charge on any atom is 0.230 e. The minimum Gasteiger partial charge on any atom is -0.544 e. The Balaban J connectivity index is 1.96. The van der Waals surface area contributed by atoms with Gasteiger partial charge in [-0.25, -0.2) is 0 Å². The van der Waals surface area contributed by atoms with Gasteiger partial charge < -0.3 is 24.9 Å². The normalized spacial score (nSPS) is 16.8. The highest BCUT2D eigenvalue weighted by Crippen LogP contribution is 2.16. The molecule has 2 rings (SSSR count). The molecule has 0 bridgehead atoms. The summed E-state index contributed by atoms with van der Waals surface area (Å²) in [5.74, 6) is -0.839. The quantitative estimate of drug-likeness (QED) is 0.722. The Hall–Kier alpha value is -2.08. The Bertz CT molecular complexity index is 527. The molecule has 0 spiro atoms. The van der Waals surface area contributed by atoms with Gasteiger partial charge in [0.1, 0.15) is 11.8 Å². The molecule has 6 nitrogen and oxygen atoms in total. The molecule has 1 fully saturated rings. The lowest BCUT2D eigenvalue weighted by molar-refractivity contribution is -0.922. The highest BCUT2D eigenvalue weighted by atomic mass is 16.5. The number of likely N-dealkylation sites (tertiary alicyclic amines) is 1. The summed E-state index contributed by atoms with van der Waals surface area (Å²) in [6.07, 6.45) is 3.04. The van der Waals surface area contributed by atoms with Gasteiger partial charge in [-0.05, 0) is 31.4 Å². The minimum atomic E-state index is -1.15. The van der Waals surface area contributed by atoms with E-state index in [-0.39, 0.29) is 12.3 Å². The number of hydrogen-bond acceptors (Lipinski definition) is 4. The number of aliphatic carboxylic acids is 1. The first-order chi connectivity index (χ1) is 10.6. The molecule has 22 heavy (non-hydrogen) atoms. The molecule has 1 heterocycles. The van der Waals surface area contributed by atoms with Crippen LogP contribution in [0.4, 0.5) is 5.69 Å². The molecular weight excluding hydrogens is 284 g/mol. The monoisotopic (exact) mass is 306 g/mol. The molecule has 0 radical (unpaired) electrons. The molecule has 120 valence electrons. The predicted molar refractivity (Wildman–Crippen MR) is 79.6 cm³/mol. The summed E-state index contributed by atoms with van der Waals surface area (Å²) in [5.41, 5.74) is 0.593. The van der Waals surface area contributed by atoms with Crippen molar-refractivity contribution in [2.45, 2.75) is 31.7 Å². The maximum absolute atomic E-state index is 12.1. The van der Waals surface area contributed by atoms with Crippen molar-refractivity contribution in [1.82, 2.24) is 0 Å². The molecule has 1 aliphatic rings. The molecule has 6 heteroatoms. The van der Waals surface area contributed by atoms with E-state index in [1.807, 2.05) is 0 Å². The summed E-state index contributed by atoms with van der Waals surface area (Å²) in [5, 5.41) is 14.1. The van der Waals surface area contributed by atoms with E-state index >= 15 is 0 Å². The van der Waals surface area contributed by atoms with Gasteiger partial charge in [-0.1, -0.05) is 6.07 Å². The number of carbonyl (C=O) groups excluding carboxylic acids is 2. The molecule has 1 saturated heterocycles. The topological polar surface area (TPSA) is 82.9 Å². The van der Waals surface area contributed by atoms with Crippen LogP contribution >= 0.6 is 0 Å². The highest BCUT2D eigenvalue weighted by molar-refractivity contribution is 5.93. The standard InChI is InChI=1S/C16H22N2O4/c1-22-13-7-5-6-12(10-13)17-15(19)11-14(16(20)21)18-8-3-2-4-9-18/h5-7,10,14H,2-4,8-9,11H2,1H3,(H,17,19)(H,20,21)/t14-/m1/s1. The van der Waals surface area contributed by atoms with Gasteiger partial charge in [0.2, 0.25) is 5.91 Å². The van der Waals surface area contributed by atoms with E-state index < -0.39 is 12.0 Å². The number of carboxylic acid groups (broad SMARTS) is 1. The van der Waals surface area contributed by atoms with Crippen LogP contribution in [-0.2, 0) is 9.59 Å². The lowest BCUT2D eigenvalue weighted by atomic mass is 10.1. The van der Waals surface area contributed by atoms with E-state index in [1.54, 1.807) is 31.4 Å². The molecule has 1 aromatic carbocycles. The number of carbonyl (C=O) groups is 2. The number of piperidine rings is 1. The smallest absolute Gasteiger partial charge is 0.230 e. The van der Waals surface area contributed by atoms with E-state index in [9.17, 15) is 14.7 Å². The van der Waals surface area contributed by atoms with E-state index in [4.69, 9.17) is 4.74 Å². The van der Waals surface area contributed by atoms with Gasteiger partial charge in [-0.15, -0.1) is 0 Å². The molecule has 1 aromatic rings. The molecule has 1 aliphatic heterocycles. The number of rotatable bonds is 6. The number of anilines is 1. The van der Waals surface area contributed by atoms with Gasteiger partial charge in [0.25, 0.3) is 0 Å². The molecule has 0 aliphatic carbocycles. The lowest BCUT2D eigenvalue weighted by Gasteiger charge is -2.31. The summed E-state index contributed by atoms with van der Waals surface area (Å²) in [7, 11) is 1.55. The predicted octanol–water partition coefficient (Wildman–Crippen LogP) is -0.789. The summed E-state index contributed by atoms with van der Waals surface area (Å²) >= 11 is 0. The van der Waals surface area contributed by atoms with Crippen molar-refractivity contribution in [3.8, 4) is 5.75 Å². The maximum atomic E-state index is 12.1. The number of nitrogens with one attached hydrogen (secondary N) is 2. The average Bonchev–Trinajstić information content (AvgIpc) is 2.53. The van der Waals surface area contributed by atoms with E-state index in [0.717, 1.165) is 37.3 Å². The van der Waals surface area contributed by atoms with Crippen LogP contribution in [0, 0.1) is 0 Å². The van der Waals surface area contributed by atoms with E-state index in [0.29, 0.717) is 11.4 Å². The van der Waals surface area contributed by atoms with Crippen LogP contribution in [0.1, 0.15) is 25.7 Å². The van der Waals surface area contributed by atoms with Gasteiger partial charge in [0.15, 0.2) is 0 Å². The van der Waals surface area contributed by atoms with Crippen molar-refractivity contribution in [2.24, 2.45) is 0 Å². The molecule has 0 aromatic heterocycles. The minimum absolute atomic E-state index is 0.0745. The fourth-order valence-corrected chi connectivity index (χ4v) is 2.85. The number of amides is 1. The lowest BCUT2D eigenvalue weighted by Crippen LogP contribution is -3.18. The highest BCUT2D eigenvalue weighted by Gasteiger charge is 2.27. The summed E-state index contributed by atoms with van der Waals surface area (Å²) in [6, 6.07) is 6.19. The first-order valence-corrected chi connectivity index (χ1v) is 7.59. The Morgan fingerprint density at radius 1 is 1.32 bits per heavy atom. The number of ether oxygens (including phenoxy) is 1. The average molecular weight is 306 g/mol. The second kappa shape index (κ2) is 7.79. The van der Waals surface area contributed by atoms with Gasteiger partial charge in [0.05, 0.1) is 32.6 Å². The number of carboxylic acids is 1. The third kappa shape index (κ3) is 4.46. The third-order valence-corrected chi connectivity index (χ3v) is 4.02. The van der Waals surface area contributed by atoms with E-state index in [2.05, 4.69) is 5.32 Å². The zero-order valence-electron chi connectivity index (χ0n) is 12.8. The number of methoxy groups -OCH3 is 1. The van der Waals surface area contributed by atoms with E-state index in [1.165, 1.54) is 0 Å². The molecule has 1 atom stereocenters. The van der Waals surface area contributed by atoms with Crippen molar-refractivity contribution in [3.05, 3.63) is 24.3 Å². The van der Waals surface area contributed by atoms with Crippen molar-refractivity contribution in [3.63, 3.8) is 0 Å². The Kier molecular flexibility index (Phi) is 5.77. The zero-order valence-corrected chi connectivity index (χ0v) is 12.8. The number of hydrogen-bond donors (Lipinski definition) is 2. The molecule has 0 unspecified atom stereocenters. The van der Waals surface area contributed by atoms with Gasteiger partial charge in [-0.3, -0.25) is 4.79 Å². The summed E-state index contributed by atoms with van der Waals surface area (Å²) in [6.45, 7) is 1.57. The Morgan fingerprint density at radius 2 is 2.05 bits per heavy atom. The van der Waals surface area contributed by atoms with Crippen molar-refractivity contribution in [2.75, 3.05) is 25.5 Å². The Morgan fingerprint density at radius 3 is 2.68 bits per heavy atom. The molecular formula is C16H22N2O4. The second-order valence-corrected chi connectivity index (χ2v) is 5.57. The molecule has 0 saturated carbocycles. The Labute approximate surface area is 130 Å². The van der Waals surface area contributed by atoms with Gasteiger partial charge in [0, 0.05) is 11.8 Å². The number of quaternary nitrogens is 1. The molecule has 1 amide bonds. The van der Waals surface area contributed by atoms with Gasteiger partial charge in [-0.2, -0.15) is 0 Å². The van der Waals surface area contributed by atoms with Crippen LogP contribution in [0.3, 0.4) is 0 Å². The zero-order chi connectivity index (χ0) is 15.9. The summed E-state index contributed by atoms with van der Waals surface area (Å²) in [4.78, 5) is 24.4. The van der Waals surface area contributed by atoms with Crippen LogP contribution in [0.15, 0.2) is 24.3 Å². The van der Waals surface area contributed by atoms with Crippen LogP contribution in [0.25, 0.3) is 0 Å². The molecule has 2 N–H and O–H groups in total.